The molecule has 1 fully saturated rings. The monoisotopic (exact) mass is 397 g/mol. The van der Waals surface area contributed by atoms with Crippen LogP contribution in [0.2, 0.25) is 0 Å². The molecule has 2 unspecified atom stereocenters. The fourth-order valence-electron chi connectivity index (χ4n) is 4.30. The SMILES string of the molecule is NC1CCC(c2cc3c(cc2F)c(=O)c2c(=O)[nH]oc2n3-c2ccc(F)cc2)C1. The fourth-order valence-corrected chi connectivity index (χ4v) is 4.30. The number of nitrogens with one attached hydrogen (secondary N) is 1. The highest BCUT2D eigenvalue weighted by molar-refractivity contribution is 5.93. The van der Waals surface area contributed by atoms with Crippen molar-refractivity contribution in [1.82, 2.24) is 9.72 Å². The van der Waals surface area contributed by atoms with Crippen molar-refractivity contribution in [1.29, 1.82) is 0 Å². The number of fused-ring (bicyclic) bond motifs is 2. The summed E-state index contributed by atoms with van der Waals surface area (Å²) < 4.78 is 35.2. The first-order chi connectivity index (χ1) is 13.9. The Balaban J connectivity index is 1.90. The minimum Gasteiger partial charge on any atom is -0.359 e. The zero-order valence-electron chi connectivity index (χ0n) is 15.2. The highest BCUT2D eigenvalue weighted by atomic mass is 19.1. The van der Waals surface area contributed by atoms with Crippen LogP contribution in [-0.2, 0) is 0 Å². The van der Waals surface area contributed by atoms with E-state index in [-0.39, 0.29) is 28.4 Å². The third-order valence-corrected chi connectivity index (χ3v) is 5.71. The smallest absolute Gasteiger partial charge is 0.293 e. The van der Waals surface area contributed by atoms with E-state index in [2.05, 4.69) is 5.16 Å². The van der Waals surface area contributed by atoms with Gasteiger partial charge in [-0.25, -0.2) is 8.78 Å². The molecule has 8 heteroatoms. The predicted molar refractivity (Wildman–Crippen MR) is 104 cm³/mol. The molecular weight excluding hydrogens is 380 g/mol. The Bertz CT molecular complexity index is 1370. The summed E-state index contributed by atoms with van der Waals surface area (Å²) in [5.41, 5.74) is 6.01. The minimum absolute atomic E-state index is 0.000195. The van der Waals surface area contributed by atoms with E-state index in [1.807, 2.05) is 0 Å². The molecular formula is C21H17F2N3O3. The summed E-state index contributed by atoms with van der Waals surface area (Å²) in [6.45, 7) is 0. The zero-order valence-corrected chi connectivity index (χ0v) is 15.2. The maximum atomic E-state index is 14.9. The first-order valence-electron chi connectivity index (χ1n) is 9.35. The lowest BCUT2D eigenvalue weighted by atomic mass is 9.95. The summed E-state index contributed by atoms with van der Waals surface area (Å²) in [6, 6.07) is 8.32. The lowest BCUT2D eigenvalue weighted by molar-refractivity contribution is 0.437. The number of pyridine rings is 1. The molecule has 2 atom stereocenters. The maximum absolute atomic E-state index is 14.9. The van der Waals surface area contributed by atoms with Crippen molar-refractivity contribution in [2.24, 2.45) is 5.73 Å². The molecule has 29 heavy (non-hydrogen) atoms. The van der Waals surface area contributed by atoms with E-state index in [0.29, 0.717) is 23.2 Å². The number of nitrogens with zero attached hydrogens (tertiary/aromatic N) is 1. The summed E-state index contributed by atoms with van der Waals surface area (Å²) >= 11 is 0. The van der Waals surface area contributed by atoms with Gasteiger partial charge >= 0.3 is 0 Å². The number of rotatable bonds is 2. The van der Waals surface area contributed by atoms with Gasteiger partial charge in [-0.3, -0.25) is 14.2 Å². The van der Waals surface area contributed by atoms with Crippen LogP contribution >= 0.6 is 0 Å². The Kier molecular flexibility index (Phi) is 3.92. The van der Waals surface area contributed by atoms with Gasteiger partial charge in [-0.2, -0.15) is 5.16 Å². The summed E-state index contributed by atoms with van der Waals surface area (Å²) in [4.78, 5) is 25.1. The quantitative estimate of drug-likeness (QED) is 0.543. The molecule has 6 nitrogen and oxygen atoms in total. The van der Waals surface area contributed by atoms with Gasteiger partial charge in [-0.05, 0) is 67.1 Å². The van der Waals surface area contributed by atoms with Gasteiger partial charge in [0.2, 0.25) is 11.1 Å². The number of hydrogen-bond donors (Lipinski definition) is 2. The Morgan fingerprint density at radius 3 is 2.55 bits per heavy atom. The molecule has 3 N–H and O–H groups in total. The lowest BCUT2D eigenvalue weighted by Crippen LogP contribution is -2.16. The molecule has 0 bridgehead atoms. The number of H-pyrrole nitrogens is 1. The summed E-state index contributed by atoms with van der Waals surface area (Å²) in [5.74, 6) is -0.990. The summed E-state index contributed by atoms with van der Waals surface area (Å²) in [7, 11) is 0. The highest BCUT2D eigenvalue weighted by Crippen LogP contribution is 2.37. The Labute approximate surface area is 162 Å². The Morgan fingerprint density at radius 2 is 1.86 bits per heavy atom. The lowest BCUT2D eigenvalue weighted by Gasteiger charge is -2.16. The topological polar surface area (TPSA) is 94.0 Å². The van der Waals surface area contributed by atoms with E-state index in [9.17, 15) is 18.4 Å². The van der Waals surface area contributed by atoms with Crippen molar-refractivity contribution in [3.8, 4) is 5.69 Å². The molecule has 0 radical (unpaired) electrons. The standard InChI is InChI=1S/C21H17F2N3O3/c22-11-2-5-13(6-3-11)26-17-9-14(10-1-4-12(24)7-10)16(23)8-15(17)19(27)18-20(28)25-29-21(18)26/h2-3,5-6,8-10,12H,1,4,7,24H2,(H,25,28). The van der Waals surface area contributed by atoms with Gasteiger partial charge in [0.15, 0.2) is 5.39 Å². The van der Waals surface area contributed by atoms with Crippen LogP contribution in [0.4, 0.5) is 8.78 Å². The first-order valence-corrected chi connectivity index (χ1v) is 9.35. The van der Waals surface area contributed by atoms with E-state index < -0.39 is 22.6 Å². The van der Waals surface area contributed by atoms with Gasteiger partial charge in [0.1, 0.15) is 11.6 Å². The molecule has 148 valence electrons. The second kappa shape index (κ2) is 6.38. The van der Waals surface area contributed by atoms with Crippen LogP contribution < -0.4 is 16.7 Å². The number of aromatic nitrogens is 2. The number of nitrogens with two attached hydrogens (primary N) is 1. The highest BCUT2D eigenvalue weighted by Gasteiger charge is 2.27. The van der Waals surface area contributed by atoms with Crippen LogP contribution in [0.3, 0.4) is 0 Å². The molecule has 0 saturated heterocycles. The fraction of sp³-hybridized carbons (Fsp3) is 0.238. The second-order valence-corrected chi connectivity index (χ2v) is 7.52. The number of aromatic amines is 1. The van der Waals surface area contributed by atoms with Gasteiger partial charge in [-0.1, -0.05) is 0 Å². The van der Waals surface area contributed by atoms with E-state index in [1.165, 1.54) is 34.9 Å². The molecule has 2 aromatic heterocycles. The van der Waals surface area contributed by atoms with Gasteiger partial charge < -0.3 is 10.3 Å². The van der Waals surface area contributed by atoms with E-state index >= 15 is 0 Å². The molecule has 1 aliphatic rings. The van der Waals surface area contributed by atoms with Crippen molar-refractivity contribution < 1.29 is 13.3 Å². The van der Waals surface area contributed by atoms with Crippen LogP contribution in [-0.4, -0.2) is 15.8 Å². The van der Waals surface area contributed by atoms with Crippen molar-refractivity contribution in [3.05, 3.63) is 74.2 Å². The van der Waals surface area contributed by atoms with Crippen LogP contribution in [0.25, 0.3) is 27.7 Å². The van der Waals surface area contributed by atoms with Crippen molar-refractivity contribution in [2.45, 2.75) is 31.2 Å². The van der Waals surface area contributed by atoms with Crippen LogP contribution in [0.15, 0.2) is 50.5 Å². The van der Waals surface area contributed by atoms with Crippen molar-refractivity contribution >= 4 is 22.0 Å². The van der Waals surface area contributed by atoms with Gasteiger partial charge in [0, 0.05) is 11.7 Å². The van der Waals surface area contributed by atoms with Gasteiger partial charge in [-0.15, -0.1) is 0 Å². The van der Waals surface area contributed by atoms with Crippen LogP contribution in [0.5, 0.6) is 0 Å². The zero-order chi connectivity index (χ0) is 20.3. The van der Waals surface area contributed by atoms with E-state index in [1.54, 1.807) is 6.07 Å². The number of hydrogen-bond acceptors (Lipinski definition) is 4. The maximum Gasteiger partial charge on any atom is 0.293 e. The molecule has 0 amide bonds. The molecule has 1 saturated carbocycles. The summed E-state index contributed by atoms with van der Waals surface area (Å²) in [6.07, 6.45) is 2.22. The average Bonchev–Trinajstić information content (AvgIpc) is 3.29. The van der Waals surface area contributed by atoms with Crippen molar-refractivity contribution in [2.75, 3.05) is 0 Å². The number of benzene rings is 2. The Hall–Kier alpha value is -3.26. The molecule has 4 aromatic rings. The molecule has 5 rings (SSSR count). The molecule has 0 spiro atoms. The first kappa shape index (κ1) is 17.8. The minimum atomic E-state index is -0.700. The van der Waals surface area contributed by atoms with Crippen molar-refractivity contribution in [3.63, 3.8) is 0 Å². The van der Waals surface area contributed by atoms with E-state index in [0.717, 1.165) is 12.8 Å². The van der Waals surface area contributed by atoms with Gasteiger partial charge in [0.25, 0.3) is 5.56 Å². The Morgan fingerprint density at radius 1 is 1.10 bits per heavy atom. The van der Waals surface area contributed by atoms with Crippen LogP contribution in [0.1, 0.15) is 30.7 Å². The molecule has 2 aromatic carbocycles. The van der Waals surface area contributed by atoms with Gasteiger partial charge in [0.05, 0.1) is 10.9 Å². The van der Waals surface area contributed by atoms with Crippen LogP contribution in [0, 0.1) is 11.6 Å². The third kappa shape index (κ3) is 2.71. The normalized spacial score (nSPS) is 19.4. The second-order valence-electron chi connectivity index (χ2n) is 7.52. The average molecular weight is 397 g/mol. The third-order valence-electron chi connectivity index (χ3n) is 5.71. The van der Waals surface area contributed by atoms with E-state index in [4.69, 9.17) is 10.3 Å². The largest absolute Gasteiger partial charge is 0.359 e. The molecule has 2 heterocycles. The molecule has 1 aliphatic carbocycles. The number of halogens is 2. The molecule has 0 aliphatic heterocycles. The summed E-state index contributed by atoms with van der Waals surface area (Å²) in [5, 5.41) is 2.01. The predicted octanol–water partition coefficient (Wildman–Crippen LogP) is 3.30.